The smallest absolute Gasteiger partial charge is 0.338 e. The molecule has 4 rings (SSSR count). The molecule has 2 heterocycles. The van der Waals surface area contributed by atoms with Gasteiger partial charge in [0.05, 0.1) is 17.3 Å². The van der Waals surface area contributed by atoms with Crippen molar-refractivity contribution in [2.75, 3.05) is 6.61 Å². The van der Waals surface area contributed by atoms with Gasteiger partial charge >= 0.3 is 23.6 Å². The Hall–Kier alpha value is -4.19. The monoisotopic (exact) mass is 490 g/mol. The van der Waals surface area contributed by atoms with Crippen LogP contribution in [0.1, 0.15) is 26.9 Å². The summed E-state index contributed by atoms with van der Waals surface area (Å²) in [6, 6.07) is 14.9. The number of nitrogens with zero attached hydrogens (tertiary/aromatic N) is 1. The maximum Gasteiger partial charge on any atom is 0.338 e. The Bertz CT molecular complexity index is 1340. The third kappa shape index (κ3) is 4.87. The maximum absolute atomic E-state index is 15.4. The lowest BCUT2D eigenvalue weighted by Crippen LogP contribution is -2.45. The maximum atomic E-state index is 15.4. The van der Waals surface area contributed by atoms with Crippen LogP contribution < -0.4 is 11.2 Å². The van der Waals surface area contributed by atoms with Crippen LogP contribution >= 0.6 is 0 Å². The minimum absolute atomic E-state index is 0.0426. The number of hydrogen-bond donors (Lipinski definition) is 1. The molecule has 3 aromatic rings. The Morgan fingerprint density at radius 1 is 0.971 bits per heavy atom. The number of hydrogen-bond acceptors (Lipinski definition) is 7. The van der Waals surface area contributed by atoms with E-state index >= 15 is 8.78 Å². The molecule has 2 aromatic carbocycles. The molecule has 182 valence electrons. The highest BCUT2D eigenvalue weighted by molar-refractivity contribution is 5.90. The molecule has 1 unspecified atom stereocenters. The van der Waals surface area contributed by atoms with Crippen LogP contribution in [0.4, 0.5) is 13.2 Å². The third-order valence-corrected chi connectivity index (χ3v) is 5.16. The van der Waals surface area contributed by atoms with Gasteiger partial charge < -0.3 is 14.2 Å². The fourth-order valence-corrected chi connectivity index (χ4v) is 3.46. The van der Waals surface area contributed by atoms with Gasteiger partial charge in [0, 0.05) is 0 Å². The van der Waals surface area contributed by atoms with E-state index in [9.17, 15) is 23.6 Å². The summed E-state index contributed by atoms with van der Waals surface area (Å²) in [6.45, 7) is -0.785. The van der Waals surface area contributed by atoms with Crippen LogP contribution in [0.2, 0.25) is 0 Å². The molecule has 0 saturated carbocycles. The molecule has 1 aromatic heterocycles. The number of rotatable bonds is 6. The third-order valence-electron chi connectivity index (χ3n) is 5.16. The molecule has 1 fully saturated rings. The second-order valence-corrected chi connectivity index (χ2v) is 7.50. The van der Waals surface area contributed by atoms with Crippen molar-refractivity contribution in [2.24, 2.45) is 0 Å². The van der Waals surface area contributed by atoms with E-state index in [-0.39, 0.29) is 21.9 Å². The van der Waals surface area contributed by atoms with Crippen molar-refractivity contribution in [3.63, 3.8) is 0 Å². The van der Waals surface area contributed by atoms with E-state index in [0.717, 1.165) is 0 Å². The minimum atomic E-state index is -4.09. The zero-order valence-corrected chi connectivity index (χ0v) is 17.7. The van der Waals surface area contributed by atoms with Crippen LogP contribution in [0.5, 0.6) is 0 Å². The van der Waals surface area contributed by atoms with Gasteiger partial charge in [-0.25, -0.2) is 14.4 Å². The number of halogens is 3. The predicted octanol–water partition coefficient (Wildman–Crippen LogP) is 2.29. The first-order valence-electron chi connectivity index (χ1n) is 10.2. The number of ether oxygens (including phenoxy) is 3. The molecule has 1 N–H and O–H groups in total. The van der Waals surface area contributed by atoms with Crippen molar-refractivity contribution < 1.29 is 37.0 Å². The molecule has 35 heavy (non-hydrogen) atoms. The summed E-state index contributed by atoms with van der Waals surface area (Å²) >= 11 is 0. The molecule has 1 aliphatic rings. The summed E-state index contributed by atoms with van der Waals surface area (Å²) < 4.78 is 60.1. The SMILES string of the molecule is O=C(OC[C@@H]1OC(n2cc(F)c(=O)[nH]c2=O)C(F)(F)[C@H]1OC(=O)c1ccccc1)c1ccccc1. The number of carbonyl (C=O) groups excluding carboxylic acids is 2. The van der Waals surface area contributed by atoms with Crippen molar-refractivity contribution >= 4 is 11.9 Å². The fourth-order valence-electron chi connectivity index (χ4n) is 3.46. The molecule has 9 nitrogen and oxygen atoms in total. The highest BCUT2D eigenvalue weighted by Gasteiger charge is 2.63. The minimum Gasteiger partial charge on any atom is -0.459 e. The Balaban J connectivity index is 1.64. The van der Waals surface area contributed by atoms with Gasteiger partial charge in [-0.2, -0.15) is 13.2 Å². The summed E-state index contributed by atoms with van der Waals surface area (Å²) in [5, 5.41) is 0. The first-order valence-corrected chi connectivity index (χ1v) is 10.2. The quantitative estimate of drug-likeness (QED) is 0.527. The highest BCUT2D eigenvalue weighted by atomic mass is 19.3. The van der Waals surface area contributed by atoms with Crippen LogP contribution in [0.15, 0.2) is 76.4 Å². The lowest BCUT2D eigenvalue weighted by molar-refractivity contribution is -0.143. The average molecular weight is 490 g/mol. The summed E-state index contributed by atoms with van der Waals surface area (Å²) in [5.41, 5.74) is -2.70. The van der Waals surface area contributed by atoms with Gasteiger partial charge in [0.1, 0.15) is 12.7 Å². The fraction of sp³-hybridized carbons (Fsp3) is 0.217. The number of H-pyrrole nitrogens is 1. The Morgan fingerprint density at radius 3 is 2.14 bits per heavy atom. The van der Waals surface area contributed by atoms with Crippen molar-refractivity contribution in [3.8, 4) is 0 Å². The van der Waals surface area contributed by atoms with E-state index in [4.69, 9.17) is 14.2 Å². The number of aromatic amines is 1. The molecule has 1 saturated heterocycles. The van der Waals surface area contributed by atoms with E-state index in [1.54, 1.807) is 29.2 Å². The second-order valence-electron chi connectivity index (χ2n) is 7.50. The number of carbonyl (C=O) groups is 2. The number of esters is 2. The molecule has 12 heteroatoms. The van der Waals surface area contributed by atoms with Crippen molar-refractivity contribution in [2.45, 2.75) is 24.4 Å². The topological polar surface area (TPSA) is 117 Å². The summed E-state index contributed by atoms with van der Waals surface area (Å²) in [7, 11) is 0. The van der Waals surface area contributed by atoms with E-state index in [0.29, 0.717) is 0 Å². The number of alkyl halides is 2. The van der Waals surface area contributed by atoms with Gasteiger partial charge in [0.2, 0.25) is 12.0 Å². The van der Waals surface area contributed by atoms with Crippen molar-refractivity contribution in [1.29, 1.82) is 0 Å². The zero-order chi connectivity index (χ0) is 25.2. The standard InChI is InChI=1S/C23H17F3N2O7/c24-15-11-28(22(32)27-18(15)29)21-23(25,26)17(35-20(31)14-9-5-2-6-10-14)16(34-21)12-33-19(30)13-7-3-1-4-8-13/h1-11,16-17,21H,12H2,(H,27,29,32)/t16-,17-,21?/m0/s1. The summed E-state index contributed by atoms with van der Waals surface area (Å²) in [6.07, 6.45) is -6.29. The number of aromatic nitrogens is 2. The molecule has 0 aliphatic carbocycles. The molecular formula is C23H17F3N2O7. The summed E-state index contributed by atoms with van der Waals surface area (Å²) in [5.74, 6) is -7.59. The van der Waals surface area contributed by atoms with Crippen LogP contribution in [0, 0.1) is 5.82 Å². The zero-order valence-electron chi connectivity index (χ0n) is 17.7. The van der Waals surface area contributed by atoms with Crippen LogP contribution in [0.3, 0.4) is 0 Å². The normalized spacial score (nSPS) is 20.8. The van der Waals surface area contributed by atoms with Crippen molar-refractivity contribution in [1.82, 2.24) is 9.55 Å². The summed E-state index contributed by atoms with van der Waals surface area (Å²) in [4.78, 5) is 49.8. The molecule has 0 radical (unpaired) electrons. The molecule has 1 aliphatic heterocycles. The lowest BCUT2D eigenvalue weighted by atomic mass is 10.1. The molecule has 0 amide bonds. The van der Waals surface area contributed by atoms with Gasteiger partial charge in [-0.05, 0) is 24.3 Å². The number of nitrogens with one attached hydrogen (secondary N) is 1. The Morgan fingerprint density at radius 2 is 1.54 bits per heavy atom. The van der Waals surface area contributed by atoms with E-state index in [1.807, 2.05) is 0 Å². The first-order chi connectivity index (χ1) is 16.7. The highest BCUT2D eigenvalue weighted by Crippen LogP contribution is 2.44. The molecule has 3 atom stereocenters. The van der Waals surface area contributed by atoms with Gasteiger partial charge in [-0.15, -0.1) is 0 Å². The van der Waals surface area contributed by atoms with E-state index < -0.39 is 60.0 Å². The first kappa shape index (κ1) is 24.0. The second kappa shape index (κ2) is 9.58. The van der Waals surface area contributed by atoms with Gasteiger partial charge in [-0.1, -0.05) is 36.4 Å². The predicted molar refractivity (Wildman–Crippen MR) is 113 cm³/mol. The van der Waals surface area contributed by atoms with Crippen LogP contribution in [-0.4, -0.2) is 46.2 Å². The Kier molecular flexibility index (Phi) is 6.56. The van der Waals surface area contributed by atoms with E-state index in [2.05, 4.69) is 0 Å². The lowest BCUT2D eigenvalue weighted by Gasteiger charge is -2.24. The van der Waals surface area contributed by atoms with Crippen LogP contribution in [0.25, 0.3) is 0 Å². The van der Waals surface area contributed by atoms with Gasteiger partial charge in [-0.3, -0.25) is 14.3 Å². The van der Waals surface area contributed by atoms with Gasteiger partial charge in [0.25, 0.3) is 5.56 Å². The number of benzene rings is 2. The van der Waals surface area contributed by atoms with Crippen molar-refractivity contribution in [3.05, 3.63) is 105 Å². The van der Waals surface area contributed by atoms with Gasteiger partial charge in [0.15, 0.2) is 6.10 Å². The average Bonchev–Trinajstić information content (AvgIpc) is 3.10. The molecule has 0 bridgehead atoms. The molecule has 0 spiro atoms. The largest absolute Gasteiger partial charge is 0.459 e. The van der Waals surface area contributed by atoms with Crippen LogP contribution in [-0.2, 0) is 14.2 Å². The van der Waals surface area contributed by atoms with E-state index in [1.165, 1.54) is 36.4 Å². The Labute approximate surface area is 194 Å². The molecular weight excluding hydrogens is 473 g/mol.